The van der Waals surface area contributed by atoms with E-state index in [2.05, 4.69) is 13.5 Å². The smallest absolute Gasteiger partial charge is 0.333 e. The Hall–Kier alpha value is -2.40. The van der Waals surface area contributed by atoms with Crippen LogP contribution in [0.5, 0.6) is 0 Å². The molecule has 3 rings (SSSR count). The van der Waals surface area contributed by atoms with Gasteiger partial charge in [0.2, 0.25) is 0 Å². The van der Waals surface area contributed by atoms with E-state index in [0.29, 0.717) is 12.0 Å². The van der Waals surface area contributed by atoms with Gasteiger partial charge in [0.05, 0.1) is 19.1 Å². The lowest BCUT2D eigenvalue weighted by atomic mass is 9.76. The Bertz CT molecular complexity index is 868. The quantitative estimate of drug-likeness (QED) is 0.584. The molecule has 0 aliphatic heterocycles. The summed E-state index contributed by atoms with van der Waals surface area (Å²) in [4.78, 5) is 27.3. The molecule has 5 heteroatoms. The van der Waals surface area contributed by atoms with Gasteiger partial charge in [0.15, 0.2) is 5.78 Å². The minimum Gasteiger partial charge on any atom is -0.466 e. The molecule has 1 aromatic carbocycles. The first-order chi connectivity index (χ1) is 14.2. The second-order valence-corrected chi connectivity index (χ2v) is 8.97. The van der Waals surface area contributed by atoms with Gasteiger partial charge in [-0.15, -0.1) is 0 Å². The Balaban J connectivity index is 1.90. The predicted octanol–water partition coefficient (Wildman–Crippen LogP) is 4.08. The van der Waals surface area contributed by atoms with E-state index >= 15 is 0 Å². The Morgan fingerprint density at radius 3 is 2.43 bits per heavy atom. The molecule has 0 amide bonds. The zero-order chi connectivity index (χ0) is 22.2. The van der Waals surface area contributed by atoms with Gasteiger partial charge in [-0.3, -0.25) is 4.79 Å². The zero-order valence-electron chi connectivity index (χ0n) is 18.6. The average molecular weight is 412 g/mol. The molecule has 162 valence electrons. The highest BCUT2D eigenvalue weighted by atomic mass is 16.5. The number of fused-ring (bicyclic) bond motifs is 1. The van der Waals surface area contributed by atoms with Crippen LogP contribution in [0.15, 0.2) is 47.6 Å². The molecule has 0 saturated heterocycles. The fourth-order valence-electron chi connectivity index (χ4n) is 5.15. The Morgan fingerprint density at radius 1 is 1.23 bits per heavy atom. The molecular formula is C25H33NO4. The summed E-state index contributed by atoms with van der Waals surface area (Å²) in [6.45, 7) is 7.97. The van der Waals surface area contributed by atoms with E-state index in [9.17, 15) is 14.7 Å². The number of Topliss-reactive ketones (excluding diaryl/α,β-unsaturated/α-hetero) is 1. The number of aliphatic hydroxyl groups excluding tert-OH is 1. The van der Waals surface area contributed by atoms with Gasteiger partial charge < -0.3 is 14.7 Å². The number of allylic oxidation sites excluding steroid dienone is 2. The van der Waals surface area contributed by atoms with Crippen LogP contribution in [-0.4, -0.2) is 38.1 Å². The highest BCUT2D eigenvalue weighted by Gasteiger charge is 2.48. The number of benzene rings is 1. The number of carbonyl (C=O) groups is 2. The number of carbonyl (C=O) groups excluding carboxylic acids is 2. The number of esters is 1. The van der Waals surface area contributed by atoms with Gasteiger partial charge >= 0.3 is 5.97 Å². The zero-order valence-corrected chi connectivity index (χ0v) is 18.6. The first kappa shape index (κ1) is 22.3. The first-order valence-corrected chi connectivity index (χ1v) is 10.6. The molecule has 5 atom stereocenters. The molecule has 0 radical (unpaired) electrons. The van der Waals surface area contributed by atoms with Gasteiger partial charge in [0, 0.05) is 25.4 Å². The molecule has 5 nitrogen and oxygen atoms in total. The number of hydrogen-bond acceptors (Lipinski definition) is 5. The third kappa shape index (κ3) is 3.95. The molecule has 0 aromatic heterocycles. The summed E-state index contributed by atoms with van der Waals surface area (Å²) in [5.74, 6) is -0.654. The van der Waals surface area contributed by atoms with Gasteiger partial charge in [-0.25, -0.2) is 4.79 Å². The number of anilines is 1. The molecule has 1 fully saturated rings. The summed E-state index contributed by atoms with van der Waals surface area (Å²) >= 11 is 0. The number of rotatable bonds is 5. The van der Waals surface area contributed by atoms with Crippen molar-refractivity contribution in [3.05, 3.63) is 53.1 Å². The normalized spacial score (nSPS) is 27.3. The number of methoxy groups -OCH3 is 1. The van der Waals surface area contributed by atoms with Crippen LogP contribution in [0.25, 0.3) is 0 Å². The maximum Gasteiger partial charge on any atom is 0.333 e. The van der Waals surface area contributed by atoms with Crippen molar-refractivity contribution in [1.29, 1.82) is 0 Å². The van der Waals surface area contributed by atoms with Crippen molar-refractivity contribution in [2.45, 2.75) is 39.2 Å². The fourth-order valence-corrected chi connectivity index (χ4v) is 5.15. The summed E-state index contributed by atoms with van der Waals surface area (Å²) in [6.07, 6.45) is 1.48. The lowest BCUT2D eigenvalue weighted by Crippen LogP contribution is -2.29. The molecule has 2 aliphatic carbocycles. The van der Waals surface area contributed by atoms with E-state index in [1.54, 1.807) is 0 Å². The Labute approximate surface area is 179 Å². The predicted molar refractivity (Wildman–Crippen MR) is 118 cm³/mol. The van der Waals surface area contributed by atoms with E-state index in [1.807, 2.05) is 50.2 Å². The number of ether oxygens (including phenoxy) is 1. The molecule has 0 spiro atoms. The molecule has 1 aromatic rings. The van der Waals surface area contributed by atoms with Crippen LogP contribution in [0.3, 0.4) is 0 Å². The van der Waals surface area contributed by atoms with Crippen molar-refractivity contribution in [2.75, 3.05) is 26.1 Å². The summed E-state index contributed by atoms with van der Waals surface area (Å²) in [5, 5.41) is 11.2. The van der Waals surface area contributed by atoms with E-state index in [-0.39, 0.29) is 29.5 Å². The van der Waals surface area contributed by atoms with Crippen LogP contribution < -0.4 is 4.90 Å². The van der Waals surface area contributed by atoms with Gasteiger partial charge in [-0.2, -0.15) is 0 Å². The van der Waals surface area contributed by atoms with Gasteiger partial charge in [-0.05, 0) is 67.2 Å². The highest BCUT2D eigenvalue weighted by Crippen LogP contribution is 2.51. The number of nitrogens with zero attached hydrogens (tertiary/aromatic N) is 1. The van der Waals surface area contributed by atoms with Crippen LogP contribution in [0, 0.1) is 23.7 Å². The monoisotopic (exact) mass is 411 g/mol. The van der Waals surface area contributed by atoms with Crippen LogP contribution in [0.2, 0.25) is 0 Å². The van der Waals surface area contributed by atoms with Crippen LogP contribution in [0.1, 0.15) is 44.8 Å². The number of aliphatic hydroxyl groups is 1. The Kier molecular flexibility index (Phi) is 6.51. The van der Waals surface area contributed by atoms with E-state index in [4.69, 9.17) is 4.74 Å². The molecule has 0 unspecified atom stereocenters. The highest BCUT2D eigenvalue weighted by molar-refractivity contribution is 6.01. The van der Waals surface area contributed by atoms with Crippen LogP contribution >= 0.6 is 0 Å². The molecule has 2 aliphatic rings. The molecule has 1 N–H and O–H groups in total. The van der Waals surface area contributed by atoms with Crippen LogP contribution in [-0.2, 0) is 14.3 Å². The lowest BCUT2D eigenvalue weighted by Gasteiger charge is -2.30. The molecule has 0 bridgehead atoms. The minimum atomic E-state index is -0.853. The first-order valence-electron chi connectivity index (χ1n) is 10.6. The maximum atomic E-state index is 13.2. The van der Waals surface area contributed by atoms with Crippen molar-refractivity contribution < 1.29 is 19.4 Å². The third-order valence-electron chi connectivity index (χ3n) is 7.02. The average Bonchev–Trinajstić information content (AvgIpc) is 2.87. The second-order valence-electron chi connectivity index (χ2n) is 8.97. The topological polar surface area (TPSA) is 66.8 Å². The summed E-state index contributed by atoms with van der Waals surface area (Å²) in [7, 11) is 5.31. The van der Waals surface area contributed by atoms with Crippen molar-refractivity contribution >= 4 is 17.4 Å². The van der Waals surface area contributed by atoms with Crippen molar-refractivity contribution in [1.82, 2.24) is 0 Å². The van der Waals surface area contributed by atoms with Gasteiger partial charge in [0.1, 0.15) is 0 Å². The van der Waals surface area contributed by atoms with Crippen molar-refractivity contribution in [3.63, 3.8) is 0 Å². The second kappa shape index (κ2) is 8.76. The number of ketones is 1. The summed E-state index contributed by atoms with van der Waals surface area (Å²) in [6, 6.07) is 7.74. The minimum absolute atomic E-state index is 0.0172. The van der Waals surface area contributed by atoms with Gasteiger partial charge in [0.25, 0.3) is 0 Å². The number of hydrogen-bond donors (Lipinski definition) is 1. The van der Waals surface area contributed by atoms with Gasteiger partial charge in [-0.1, -0.05) is 31.2 Å². The maximum absolute atomic E-state index is 13.2. The molecular weight excluding hydrogens is 378 g/mol. The van der Waals surface area contributed by atoms with Crippen molar-refractivity contribution in [3.8, 4) is 0 Å². The lowest BCUT2D eigenvalue weighted by molar-refractivity contribution is -0.136. The largest absolute Gasteiger partial charge is 0.466 e. The standard InChI is InChI=1S/C25H33NO4/c1-14-7-8-18(15(2)25(29)30-6)13-20-16(3)23(27)22(21(14)20)24(28)17-9-11-19(12-10-17)26(4)5/h9-12,14,18,21-22,24,28H,2,7-8,13H2,1,3-6H3/t14-,18+,21-,22+,24-/m0/s1. The van der Waals surface area contributed by atoms with E-state index < -0.39 is 12.0 Å². The molecule has 30 heavy (non-hydrogen) atoms. The van der Waals surface area contributed by atoms with Crippen molar-refractivity contribution in [2.24, 2.45) is 23.7 Å². The summed E-state index contributed by atoms with van der Waals surface area (Å²) < 4.78 is 4.87. The van der Waals surface area contributed by atoms with E-state index in [1.165, 1.54) is 7.11 Å². The molecule has 0 heterocycles. The summed E-state index contributed by atoms with van der Waals surface area (Å²) in [5.41, 5.74) is 4.10. The van der Waals surface area contributed by atoms with E-state index in [0.717, 1.165) is 35.2 Å². The SMILES string of the molecule is C=C(C(=O)OC)[C@@H]1CC[C@H](C)[C@H]2C(=C(C)C(=O)[C@@H]2[C@@H](O)c2ccc(N(C)C)cc2)C1. The third-order valence-corrected chi connectivity index (χ3v) is 7.02. The fraction of sp³-hybridized carbons (Fsp3) is 0.520. The van der Waals surface area contributed by atoms with Crippen LogP contribution in [0.4, 0.5) is 5.69 Å². The Morgan fingerprint density at radius 2 is 1.87 bits per heavy atom. The molecule has 1 saturated carbocycles.